The van der Waals surface area contributed by atoms with Crippen LogP contribution in [-0.4, -0.2) is 49.5 Å². The van der Waals surface area contributed by atoms with Crippen molar-refractivity contribution in [2.45, 2.75) is 45.6 Å². The average Bonchev–Trinajstić information content (AvgIpc) is 2.83. The molecule has 0 amide bonds. The first-order chi connectivity index (χ1) is 16.1. The largest absolute Gasteiger partial charge is 0.475 e. The second-order valence-electron chi connectivity index (χ2n) is 7.77. The maximum atomic E-state index is 13.7. The van der Waals surface area contributed by atoms with Gasteiger partial charge in [-0.3, -0.25) is 0 Å². The standard InChI is InChI=1S/C22H22BF5N4O2/c1-4-32(3)10-29-15-9-14(23)22(30-11(15)2)33-13-7-5-12(6-8-13)31-34-21-19(27)17(25)16(24)18(26)20(21)28/h9-10,13H,4-8H2,1-3H3. The molecular weight excluding hydrogens is 458 g/mol. The number of aryl methyl sites for hydroxylation is 1. The Balaban J connectivity index is 1.62. The van der Waals surface area contributed by atoms with Crippen LogP contribution in [0.2, 0.25) is 0 Å². The number of benzene rings is 1. The lowest BCUT2D eigenvalue weighted by Gasteiger charge is -2.24. The number of pyridine rings is 1. The zero-order chi connectivity index (χ0) is 25.0. The first-order valence-corrected chi connectivity index (χ1v) is 10.5. The number of halogens is 5. The molecule has 1 fully saturated rings. The van der Waals surface area contributed by atoms with Gasteiger partial charge in [-0.15, -0.1) is 0 Å². The van der Waals surface area contributed by atoms with Crippen molar-refractivity contribution < 1.29 is 31.5 Å². The zero-order valence-corrected chi connectivity index (χ0v) is 18.8. The summed E-state index contributed by atoms with van der Waals surface area (Å²) in [4.78, 5) is 15.2. The van der Waals surface area contributed by atoms with E-state index in [-0.39, 0.29) is 12.0 Å². The third-order valence-corrected chi connectivity index (χ3v) is 5.30. The Bertz CT molecular complexity index is 1090. The predicted molar refractivity (Wildman–Crippen MR) is 118 cm³/mol. The van der Waals surface area contributed by atoms with Crippen LogP contribution in [0.15, 0.2) is 16.2 Å². The van der Waals surface area contributed by atoms with Crippen LogP contribution in [0.3, 0.4) is 0 Å². The lowest BCUT2D eigenvalue weighted by Crippen LogP contribution is -2.27. The van der Waals surface area contributed by atoms with Crippen LogP contribution in [0, 0.1) is 36.0 Å². The molecule has 0 unspecified atom stereocenters. The quantitative estimate of drug-likeness (QED) is 0.113. The monoisotopic (exact) mass is 480 g/mol. The maximum absolute atomic E-state index is 13.7. The normalized spacial score (nSPS) is 16.1. The molecule has 0 aliphatic heterocycles. The van der Waals surface area contributed by atoms with Gasteiger partial charge in [0.05, 0.1) is 23.4 Å². The number of aliphatic imine (C=N–C) groups is 1. The summed E-state index contributed by atoms with van der Waals surface area (Å²) < 4.78 is 73.0. The van der Waals surface area contributed by atoms with Crippen molar-refractivity contribution in [1.29, 1.82) is 0 Å². The minimum atomic E-state index is -2.26. The van der Waals surface area contributed by atoms with E-state index in [0.717, 1.165) is 6.54 Å². The molecule has 1 heterocycles. The van der Waals surface area contributed by atoms with Gasteiger partial charge in [0.25, 0.3) is 0 Å². The van der Waals surface area contributed by atoms with Gasteiger partial charge in [-0.1, -0.05) is 5.16 Å². The third-order valence-electron chi connectivity index (χ3n) is 5.30. The zero-order valence-electron chi connectivity index (χ0n) is 18.8. The number of rotatable bonds is 7. The van der Waals surface area contributed by atoms with Gasteiger partial charge in [0, 0.05) is 13.6 Å². The number of oxime groups is 1. The Kier molecular flexibility index (Phi) is 8.11. The summed E-state index contributed by atoms with van der Waals surface area (Å²) >= 11 is 0. The Morgan fingerprint density at radius 1 is 1.09 bits per heavy atom. The van der Waals surface area contributed by atoms with Crippen molar-refractivity contribution >= 4 is 31.0 Å². The van der Waals surface area contributed by atoms with Crippen molar-refractivity contribution in [2.75, 3.05) is 13.6 Å². The van der Waals surface area contributed by atoms with Crippen molar-refractivity contribution in [3.05, 3.63) is 40.8 Å². The summed E-state index contributed by atoms with van der Waals surface area (Å²) in [5.74, 6) is -11.8. The van der Waals surface area contributed by atoms with E-state index in [0.29, 0.717) is 48.2 Å². The summed E-state index contributed by atoms with van der Waals surface area (Å²) in [5.41, 5.74) is 1.98. The summed E-state index contributed by atoms with van der Waals surface area (Å²) in [7, 11) is 7.96. The lowest BCUT2D eigenvalue weighted by molar-refractivity contribution is 0.171. The highest BCUT2D eigenvalue weighted by molar-refractivity contribution is 6.34. The Hall–Kier alpha value is -3.18. The second kappa shape index (κ2) is 10.8. The molecule has 2 aromatic rings. The fourth-order valence-electron chi connectivity index (χ4n) is 3.12. The first-order valence-electron chi connectivity index (χ1n) is 10.5. The van der Waals surface area contributed by atoms with Gasteiger partial charge in [0.2, 0.25) is 40.7 Å². The van der Waals surface area contributed by atoms with E-state index >= 15 is 0 Å². The fraction of sp³-hybridized carbons (Fsp3) is 0.409. The summed E-state index contributed by atoms with van der Waals surface area (Å²) in [5, 5.41) is 3.58. The highest BCUT2D eigenvalue weighted by Crippen LogP contribution is 2.30. The Morgan fingerprint density at radius 3 is 2.26 bits per heavy atom. The van der Waals surface area contributed by atoms with Crippen molar-refractivity contribution in [3.8, 4) is 11.6 Å². The fourth-order valence-corrected chi connectivity index (χ4v) is 3.12. The van der Waals surface area contributed by atoms with Crippen molar-refractivity contribution in [3.63, 3.8) is 0 Å². The smallest absolute Gasteiger partial charge is 0.235 e. The second-order valence-corrected chi connectivity index (χ2v) is 7.77. The molecule has 1 aromatic heterocycles. The van der Waals surface area contributed by atoms with Gasteiger partial charge in [-0.05, 0) is 51.1 Å². The van der Waals surface area contributed by atoms with E-state index < -0.39 is 34.8 Å². The number of ether oxygens (including phenoxy) is 1. The molecule has 180 valence electrons. The minimum Gasteiger partial charge on any atom is -0.475 e. The summed E-state index contributed by atoms with van der Waals surface area (Å²) in [6, 6.07) is 1.67. The highest BCUT2D eigenvalue weighted by Gasteiger charge is 2.28. The molecule has 3 rings (SSSR count). The molecule has 1 saturated carbocycles. The average molecular weight is 480 g/mol. The topological polar surface area (TPSA) is 59.3 Å². The van der Waals surface area contributed by atoms with E-state index in [1.54, 1.807) is 19.3 Å². The molecule has 34 heavy (non-hydrogen) atoms. The highest BCUT2D eigenvalue weighted by atomic mass is 19.2. The van der Waals surface area contributed by atoms with Crippen LogP contribution in [0.5, 0.6) is 11.6 Å². The van der Waals surface area contributed by atoms with Crippen LogP contribution in [0.4, 0.5) is 27.6 Å². The molecular formula is C22H22BF5N4O2. The molecule has 1 aliphatic rings. The molecule has 1 aliphatic carbocycles. The van der Waals surface area contributed by atoms with Gasteiger partial charge >= 0.3 is 0 Å². The number of hydrogen-bond acceptors (Lipinski definition) is 5. The molecule has 1 aromatic carbocycles. The van der Waals surface area contributed by atoms with Crippen LogP contribution in [0.1, 0.15) is 38.3 Å². The van der Waals surface area contributed by atoms with E-state index in [4.69, 9.17) is 12.6 Å². The SMILES string of the molecule is [B]c1cc(N=CN(C)CC)c(C)nc1OC1CCC(=NOc2c(F)c(F)c(F)c(F)c2F)CC1. The van der Waals surface area contributed by atoms with Crippen LogP contribution in [0.25, 0.3) is 0 Å². The predicted octanol–water partition coefficient (Wildman–Crippen LogP) is 4.25. The number of aromatic nitrogens is 1. The van der Waals surface area contributed by atoms with E-state index in [1.807, 2.05) is 18.9 Å². The first kappa shape index (κ1) is 25.4. The Labute approximate surface area is 194 Å². The lowest BCUT2D eigenvalue weighted by atomic mass is 9.94. The summed E-state index contributed by atoms with van der Waals surface area (Å²) in [6.07, 6.45) is 2.99. The third kappa shape index (κ3) is 5.65. The molecule has 6 nitrogen and oxygen atoms in total. The molecule has 0 spiro atoms. The Morgan fingerprint density at radius 2 is 1.68 bits per heavy atom. The minimum absolute atomic E-state index is 0.261. The molecule has 2 radical (unpaired) electrons. The van der Waals surface area contributed by atoms with Gasteiger partial charge in [0.1, 0.15) is 14.0 Å². The van der Waals surface area contributed by atoms with E-state index in [9.17, 15) is 22.0 Å². The van der Waals surface area contributed by atoms with Crippen molar-refractivity contribution in [2.24, 2.45) is 10.1 Å². The molecule has 0 N–H and O–H groups in total. The van der Waals surface area contributed by atoms with Gasteiger partial charge in [-0.25, -0.2) is 23.1 Å². The van der Waals surface area contributed by atoms with E-state index in [1.165, 1.54) is 0 Å². The van der Waals surface area contributed by atoms with Gasteiger partial charge in [-0.2, -0.15) is 8.78 Å². The van der Waals surface area contributed by atoms with Gasteiger partial charge in [0.15, 0.2) is 0 Å². The van der Waals surface area contributed by atoms with Crippen molar-refractivity contribution in [1.82, 2.24) is 9.88 Å². The van der Waals surface area contributed by atoms with Gasteiger partial charge < -0.3 is 14.5 Å². The maximum Gasteiger partial charge on any atom is 0.235 e. The molecule has 0 saturated heterocycles. The van der Waals surface area contributed by atoms with Crippen LogP contribution >= 0.6 is 0 Å². The van der Waals surface area contributed by atoms with E-state index in [2.05, 4.69) is 20.0 Å². The van der Waals surface area contributed by atoms with Crippen LogP contribution in [-0.2, 0) is 0 Å². The summed E-state index contributed by atoms with van der Waals surface area (Å²) in [6.45, 7) is 4.58. The number of nitrogens with zero attached hydrogens (tertiary/aromatic N) is 4. The molecule has 12 heteroatoms. The van der Waals surface area contributed by atoms with Crippen LogP contribution < -0.4 is 15.0 Å². The molecule has 0 bridgehead atoms. The number of hydrogen-bond donors (Lipinski definition) is 0. The molecule has 0 atom stereocenters.